The van der Waals surface area contributed by atoms with Crippen molar-refractivity contribution in [2.75, 3.05) is 14.2 Å². The highest BCUT2D eigenvalue weighted by molar-refractivity contribution is 9.10. The second-order valence-electron chi connectivity index (χ2n) is 4.46. The first-order valence-corrected chi connectivity index (χ1v) is 6.24. The molecule has 0 saturated carbocycles. The molecule has 0 bridgehead atoms. The fourth-order valence-electron chi connectivity index (χ4n) is 1.80. The molecule has 0 aliphatic carbocycles. The number of hydrogen-bond donors (Lipinski definition) is 1. The van der Waals surface area contributed by atoms with Crippen LogP contribution < -0.4 is 4.74 Å². The average Bonchev–Trinajstić information content (AvgIpc) is 2.36. The summed E-state index contributed by atoms with van der Waals surface area (Å²) in [5, 5.41) is 9.19. The van der Waals surface area contributed by atoms with Crippen LogP contribution in [-0.2, 0) is 14.9 Å². The van der Waals surface area contributed by atoms with E-state index in [1.165, 1.54) is 20.3 Å². The summed E-state index contributed by atoms with van der Waals surface area (Å²) in [5.41, 5.74) is -0.578. The normalized spacial score (nSPS) is 11.0. The number of benzene rings is 1. The largest absolute Gasteiger partial charge is 0.496 e. The molecule has 0 amide bonds. The zero-order valence-electron chi connectivity index (χ0n) is 11.1. The Balaban J connectivity index is 3.59. The molecule has 0 radical (unpaired) electrons. The molecule has 0 fully saturated rings. The van der Waals surface area contributed by atoms with Crippen LogP contribution in [0.25, 0.3) is 0 Å². The van der Waals surface area contributed by atoms with Crippen LogP contribution in [-0.4, -0.2) is 31.3 Å². The minimum absolute atomic E-state index is 0.0103. The average molecular weight is 331 g/mol. The smallest absolute Gasteiger partial charge is 0.339 e. The molecule has 1 aromatic rings. The van der Waals surface area contributed by atoms with Crippen molar-refractivity contribution in [2.24, 2.45) is 0 Å². The maximum absolute atomic E-state index is 11.9. The van der Waals surface area contributed by atoms with E-state index < -0.39 is 17.4 Å². The molecule has 0 atom stereocenters. The third kappa shape index (κ3) is 2.89. The van der Waals surface area contributed by atoms with Crippen LogP contribution >= 0.6 is 15.9 Å². The molecule has 0 unspecified atom stereocenters. The Morgan fingerprint density at radius 2 is 1.84 bits per heavy atom. The molecule has 1 aromatic carbocycles. The molecule has 0 aromatic heterocycles. The number of esters is 1. The van der Waals surface area contributed by atoms with E-state index in [1.54, 1.807) is 19.9 Å². The summed E-state index contributed by atoms with van der Waals surface area (Å²) in [5.74, 6) is -1.44. The van der Waals surface area contributed by atoms with Crippen molar-refractivity contribution in [1.29, 1.82) is 0 Å². The van der Waals surface area contributed by atoms with Crippen LogP contribution in [0.5, 0.6) is 5.75 Å². The summed E-state index contributed by atoms with van der Waals surface area (Å²) in [4.78, 5) is 23.1. The molecule has 19 heavy (non-hydrogen) atoms. The summed E-state index contributed by atoms with van der Waals surface area (Å²) in [6, 6.07) is 3.08. The van der Waals surface area contributed by atoms with Gasteiger partial charge in [0.1, 0.15) is 11.3 Å². The van der Waals surface area contributed by atoms with Gasteiger partial charge in [0.2, 0.25) is 0 Å². The van der Waals surface area contributed by atoms with Crippen molar-refractivity contribution in [2.45, 2.75) is 19.3 Å². The number of hydrogen-bond acceptors (Lipinski definition) is 4. The second-order valence-corrected chi connectivity index (χ2v) is 5.37. The van der Waals surface area contributed by atoms with Crippen molar-refractivity contribution in [3.63, 3.8) is 0 Å². The summed E-state index contributed by atoms with van der Waals surface area (Å²) in [7, 11) is 2.65. The van der Waals surface area contributed by atoms with Gasteiger partial charge in [-0.1, -0.05) is 15.9 Å². The van der Waals surface area contributed by atoms with Crippen molar-refractivity contribution < 1.29 is 24.2 Å². The van der Waals surface area contributed by atoms with Gasteiger partial charge in [0.15, 0.2) is 0 Å². The highest BCUT2D eigenvalue weighted by Crippen LogP contribution is 2.37. The van der Waals surface area contributed by atoms with Gasteiger partial charge in [-0.2, -0.15) is 0 Å². The van der Waals surface area contributed by atoms with Crippen molar-refractivity contribution in [1.82, 2.24) is 0 Å². The minimum atomic E-state index is -1.12. The number of carboxylic acids is 1. The third-order valence-electron chi connectivity index (χ3n) is 2.86. The van der Waals surface area contributed by atoms with Gasteiger partial charge < -0.3 is 14.6 Å². The Labute approximate surface area is 119 Å². The van der Waals surface area contributed by atoms with Gasteiger partial charge in [-0.15, -0.1) is 0 Å². The van der Waals surface area contributed by atoms with E-state index in [0.717, 1.165) is 0 Å². The number of carbonyl (C=O) groups excluding carboxylic acids is 1. The second kappa shape index (κ2) is 5.61. The van der Waals surface area contributed by atoms with Crippen LogP contribution in [0.4, 0.5) is 0 Å². The SMILES string of the molecule is COC(=O)C(C)(C)c1cc(Br)cc(C(=O)O)c1OC. The summed E-state index contributed by atoms with van der Waals surface area (Å²) in [6.45, 7) is 3.30. The number of aromatic carboxylic acids is 1. The van der Waals surface area contributed by atoms with E-state index >= 15 is 0 Å². The molecule has 104 valence electrons. The van der Waals surface area contributed by atoms with Crippen LogP contribution in [0.3, 0.4) is 0 Å². The van der Waals surface area contributed by atoms with E-state index in [9.17, 15) is 14.7 Å². The molecule has 0 aliphatic heterocycles. The van der Waals surface area contributed by atoms with Crippen molar-refractivity contribution in [3.8, 4) is 5.75 Å². The van der Waals surface area contributed by atoms with Gasteiger partial charge in [-0.05, 0) is 26.0 Å². The first kappa shape index (κ1) is 15.5. The van der Waals surface area contributed by atoms with Gasteiger partial charge in [-0.25, -0.2) is 4.79 Å². The van der Waals surface area contributed by atoms with Crippen molar-refractivity contribution >= 4 is 27.9 Å². The van der Waals surface area contributed by atoms with Gasteiger partial charge in [-0.3, -0.25) is 4.79 Å². The van der Waals surface area contributed by atoms with Gasteiger partial charge >= 0.3 is 11.9 Å². The van der Waals surface area contributed by atoms with Gasteiger partial charge in [0, 0.05) is 10.0 Å². The predicted octanol–water partition coefficient (Wildman–Crippen LogP) is 2.61. The molecule has 0 spiro atoms. The first-order chi connectivity index (χ1) is 8.75. The zero-order chi connectivity index (χ0) is 14.8. The molecule has 5 nitrogen and oxygen atoms in total. The third-order valence-corrected chi connectivity index (χ3v) is 3.32. The van der Waals surface area contributed by atoms with Crippen LogP contribution in [0.2, 0.25) is 0 Å². The fourth-order valence-corrected chi connectivity index (χ4v) is 2.26. The molecular formula is C13H15BrO5. The standard InChI is InChI=1S/C13H15BrO5/c1-13(2,12(17)19-4)9-6-7(14)5-8(11(15)16)10(9)18-3/h5-6H,1-4H3,(H,15,16). The Morgan fingerprint density at radius 1 is 1.26 bits per heavy atom. The van der Waals surface area contributed by atoms with Crippen LogP contribution in [0.15, 0.2) is 16.6 Å². The van der Waals surface area contributed by atoms with E-state index in [1.807, 2.05) is 0 Å². The van der Waals surface area contributed by atoms with E-state index in [-0.39, 0.29) is 11.3 Å². The van der Waals surface area contributed by atoms with E-state index in [4.69, 9.17) is 9.47 Å². The molecule has 6 heteroatoms. The zero-order valence-corrected chi connectivity index (χ0v) is 12.7. The quantitative estimate of drug-likeness (QED) is 0.859. The lowest BCUT2D eigenvalue weighted by atomic mass is 9.83. The number of carbonyl (C=O) groups is 2. The molecular weight excluding hydrogens is 316 g/mol. The van der Waals surface area contributed by atoms with Crippen LogP contribution in [0, 0.1) is 0 Å². The van der Waals surface area contributed by atoms with E-state index in [2.05, 4.69) is 15.9 Å². The van der Waals surface area contributed by atoms with Gasteiger partial charge in [0.25, 0.3) is 0 Å². The summed E-state index contributed by atoms with van der Waals surface area (Å²) < 4.78 is 10.5. The molecule has 1 N–H and O–H groups in total. The lowest BCUT2D eigenvalue weighted by Gasteiger charge is -2.25. The fraction of sp³-hybridized carbons (Fsp3) is 0.385. The Kier molecular flexibility index (Phi) is 4.57. The number of ether oxygens (including phenoxy) is 2. The monoisotopic (exact) mass is 330 g/mol. The number of carboxylic acid groups (broad SMARTS) is 1. The lowest BCUT2D eigenvalue weighted by molar-refractivity contribution is -0.146. The van der Waals surface area contributed by atoms with Crippen molar-refractivity contribution in [3.05, 3.63) is 27.7 Å². The Morgan fingerprint density at radius 3 is 2.26 bits per heavy atom. The molecule has 0 aliphatic rings. The summed E-state index contributed by atoms with van der Waals surface area (Å²) in [6.07, 6.45) is 0. The molecule has 0 heterocycles. The Bertz CT molecular complexity index is 522. The predicted molar refractivity (Wildman–Crippen MR) is 72.7 cm³/mol. The first-order valence-electron chi connectivity index (χ1n) is 5.45. The minimum Gasteiger partial charge on any atom is -0.496 e. The number of methoxy groups -OCH3 is 2. The topological polar surface area (TPSA) is 72.8 Å². The number of halogens is 1. The Hall–Kier alpha value is -1.56. The maximum atomic E-state index is 11.9. The van der Waals surface area contributed by atoms with Crippen LogP contribution in [0.1, 0.15) is 29.8 Å². The maximum Gasteiger partial charge on any atom is 0.339 e. The van der Waals surface area contributed by atoms with Gasteiger partial charge in [0.05, 0.1) is 19.6 Å². The highest BCUT2D eigenvalue weighted by atomic mass is 79.9. The number of rotatable bonds is 4. The van der Waals surface area contributed by atoms with E-state index in [0.29, 0.717) is 10.0 Å². The molecule has 1 rings (SSSR count). The molecule has 0 saturated heterocycles. The lowest BCUT2D eigenvalue weighted by Crippen LogP contribution is -2.31. The summed E-state index contributed by atoms with van der Waals surface area (Å²) >= 11 is 3.24. The highest BCUT2D eigenvalue weighted by Gasteiger charge is 2.35.